The van der Waals surface area contributed by atoms with Crippen molar-refractivity contribution >= 4 is 16.0 Å². The first-order valence-corrected chi connectivity index (χ1v) is 6.85. The lowest BCUT2D eigenvalue weighted by atomic mass is 10.3. The summed E-state index contributed by atoms with van der Waals surface area (Å²) in [6.07, 6.45) is 1.72. The van der Waals surface area contributed by atoms with Crippen LogP contribution in [-0.4, -0.2) is 56.4 Å². The predicted octanol–water partition coefficient (Wildman–Crippen LogP) is -0.250. The van der Waals surface area contributed by atoms with Crippen LogP contribution in [-0.2, 0) is 19.6 Å². The summed E-state index contributed by atoms with van der Waals surface area (Å²) in [6, 6.07) is 0. The fraction of sp³-hybridized carbons (Fsp3) is 0.700. The number of hydrogen-bond acceptors (Lipinski definition) is 5. The van der Waals surface area contributed by atoms with Gasteiger partial charge in [0.2, 0.25) is 10.0 Å². The third-order valence-electron chi connectivity index (χ3n) is 2.09. The topological polar surface area (TPSA) is 83.9 Å². The number of methoxy groups -OCH3 is 1. The monoisotopic (exact) mass is 265 g/mol. The highest BCUT2D eigenvalue weighted by molar-refractivity contribution is 7.89. The average molecular weight is 265 g/mol. The number of esters is 1. The van der Waals surface area contributed by atoms with E-state index in [9.17, 15) is 13.2 Å². The van der Waals surface area contributed by atoms with E-state index in [-0.39, 0.29) is 38.3 Å². The van der Waals surface area contributed by atoms with Crippen LogP contribution in [0.15, 0.2) is 12.7 Å². The van der Waals surface area contributed by atoms with Crippen molar-refractivity contribution in [1.29, 1.82) is 0 Å². The van der Waals surface area contributed by atoms with Gasteiger partial charge in [-0.1, -0.05) is 6.08 Å². The second-order valence-electron chi connectivity index (χ2n) is 3.37. The Hall–Kier alpha value is -0.920. The summed E-state index contributed by atoms with van der Waals surface area (Å²) in [5.41, 5.74) is 0. The number of carbonyl (C=O) groups excluding carboxylic acids is 1. The van der Waals surface area contributed by atoms with Crippen molar-refractivity contribution in [3.63, 3.8) is 0 Å². The number of hydrogen-bond donors (Lipinski definition) is 1. The van der Waals surface area contributed by atoms with Crippen molar-refractivity contribution in [2.24, 2.45) is 0 Å². The van der Waals surface area contributed by atoms with Crippen molar-refractivity contribution < 1.29 is 23.1 Å². The molecule has 0 fully saturated rings. The molecular formula is C10H19NO5S. The average Bonchev–Trinajstić information content (AvgIpc) is 2.28. The number of rotatable bonds is 9. The van der Waals surface area contributed by atoms with E-state index in [2.05, 4.69) is 11.3 Å². The van der Waals surface area contributed by atoms with Crippen molar-refractivity contribution in [1.82, 2.24) is 4.31 Å². The Bertz CT molecular complexity index is 339. The van der Waals surface area contributed by atoms with E-state index in [1.54, 1.807) is 0 Å². The minimum absolute atomic E-state index is 0.0343. The van der Waals surface area contributed by atoms with Crippen LogP contribution in [0.1, 0.15) is 12.8 Å². The maximum Gasteiger partial charge on any atom is 0.305 e. The van der Waals surface area contributed by atoms with Crippen LogP contribution >= 0.6 is 0 Å². The van der Waals surface area contributed by atoms with Gasteiger partial charge in [-0.2, -0.15) is 4.31 Å². The molecule has 0 aromatic rings. The number of ether oxygens (including phenoxy) is 1. The first kappa shape index (κ1) is 16.1. The van der Waals surface area contributed by atoms with Gasteiger partial charge < -0.3 is 9.84 Å². The zero-order valence-electron chi connectivity index (χ0n) is 9.96. The minimum atomic E-state index is -3.46. The van der Waals surface area contributed by atoms with Gasteiger partial charge in [0.25, 0.3) is 0 Å². The molecular weight excluding hydrogens is 246 g/mol. The van der Waals surface area contributed by atoms with Gasteiger partial charge >= 0.3 is 5.97 Å². The van der Waals surface area contributed by atoms with Gasteiger partial charge in [-0.3, -0.25) is 4.79 Å². The molecule has 1 N–H and O–H groups in total. The summed E-state index contributed by atoms with van der Waals surface area (Å²) in [4.78, 5) is 10.8. The Morgan fingerprint density at radius 1 is 1.53 bits per heavy atom. The van der Waals surface area contributed by atoms with Crippen molar-refractivity contribution in [2.45, 2.75) is 12.8 Å². The van der Waals surface area contributed by atoms with E-state index in [0.717, 1.165) is 4.31 Å². The normalized spacial score (nSPS) is 11.5. The Balaban J connectivity index is 4.31. The molecule has 0 aliphatic carbocycles. The highest BCUT2D eigenvalue weighted by Crippen LogP contribution is 2.05. The first-order valence-electron chi connectivity index (χ1n) is 5.24. The molecule has 0 unspecified atom stereocenters. The van der Waals surface area contributed by atoms with E-state index < -0.39 is 16.0 Å². The molecule has 0 radical (unpaired) electrons. The number of sulfonamides is 1. The summed E-state index contributed by atoms with van der Waals surface area (Å²) in [6.45, 7) is 3.40. The van der Waals surface area contributed by atoms with Crippen molar-refractivity contribution in [2.75, 3.05) is 32.6 Å². The van der Waals surface area contributed by atoms with E-state index in [0.29, 0.717) is 0 Å². The van der Waals surface area contributed by atoms with Crippen LogP contribution in [0.2, 0.25) is 0 Å². The van der Waals surface area contributed by atoms with Gasteiger partial charge in [-0.15, -0.1) is 6.58 Å². The molecule has 0 heterocycles. The summed E-state index contributed by atoms with van der Waals surface area (Å²) >= 11 is 0. The second kappa shape index (κ2) is 8.21. The van der Waals surface area contributed by atoms with Gasteiger partial charge in [0.1, 0.15) is 0 Å². The van der Waals surface area contributed by atoms with Gasteiger partial charge in [-0.25, -0.2) is 8.42 Å². The van der Waals surface area contributed by atoms with E-state index in [1.165, 1.54) is 13.2 Å². The predicted molar refractivity (Wildman–Crippen MR) is 63.9 cm³/mol. The zero-order chi connectivity index (χ0) is 13.3. The SMILES string of the molecule is C=CCN(CCO)S(=O)(=O)CCCC(=O)OC. The Labute approximate surface area is 102 Å². The number of nitrogens with zero attached hydrogens (tertiary/aromatic N) is 1. The minimum Gasteiger partial charge on any atom is -0.469 e. The molecule has 7 heteroatoms. The van der Waals surface area contributed by atoms with E-state index >= 15 is 0 Å². The quantitative estimate of drug-likeness (QED) is 0.459. The zero-order valence-corrected chi connectivity index (χ0v) is 10.8. The van der Waals surface area contributed by atoms with Crippen molar-refractivity contribution in [3.05, 3.63) is 12.7 Å². The van der Waals surface area contributed by atoms with Crippen LogP contribution in [0, 0.1) is 0 Å². The molecule has 0 aliphatic heterocycles. The van der Waals surface area contributed by atoms with Crippen LogP contribution < -0.4 is 0 Å². The summed E-state index contributed by atoms with van der Waals surface area (Å²) in [7, 11) is -2.20. The van der Waals surface area contributed by atoms with E-state index in [1.807, 2.05) is 0 Å². The smallest absolute Gasteiger partial charge is 0.305 e. The largest absolute Gasteiger partial charge is 0.469 e. The van der Waals surface area contributed by atoms with Gasteiger partial charge in [0, 0.05) is 19.5 Å². The second-order valence-corrected chi connectivity index (χ2v) is 5.45. The molecule has 0 aliphatic rings. The molecule has 100 valence electrons. The van der Waals surface area contributed by atoms with Gasteiger partial charge in [0.05, 0.1) is 19.5 Å². The number of carbonyl (C=O) groups is 1. The lowest BCUT2D eigenvalue weighted by molar-refractivity contribution is -0.140. The standard InChI is InChI=1S/C10H19NO5S/c1-3-6-11(7-8-12)17(14,15)9-4-5-10(13)16-2/h3,12H,1,4-9H2,2H3. The fourth-order valence-corrected chi connectivity index (χ4v) is 2.69. The molecule has 0 aromatic heterocycles. The summed E-state index contributed by atoms with van der Waals surface area (Å²) in [5, 5.41) is 8.76. The molecule has 0 aromatic carbocycles. The maximum absolute atomic E-state index is 11.8. The van der Waals surface area contributed by atoms with Gasteiger partial charge in [-0.05, 0) is 6.42 Å². The Kier molecular flexibility index (Phi) is 7.77. The molecule has 17 heavy (non-hydrogen) atoms. The fourth-order valence-electron chi connectivity index (χ4n) is 1.23. The molecule has 0 spiro atoms. The van der Waals surface area contributed by atoms with Crippen LogP contribution in [0.5, 0.6) is 0 Å². The number of aliphatic hydroxyl groups excluding tert-OH is 1. The molecule has 6 nitrogen and oxygen atoms in total. The lowest BCUT2D eigenvalue weighted by Gasteiger charge is -2.19. The highest BCUT2D eigenvalue weighted by atomic mass is 32.2. The highest BCUT2D eigenvalue weighted by Gasteiger charge is 2.20. The Morgan fingerprint density at radius 3 is 2.65 bits per heavy atom. The van der Waals surface area contributed by atoms with Crippen LogP contribution in [0.25, 0.3) is 0 Å². The maximum atomic E-state index is 11.8. The molecule has 0 saturated carbocycles. The molecule has 0 amide bonds. The van der Waals surface area contributed by atoms with Gasteiger partial charge in [0.15, 0.2) is 0 Å². The van der Waals surface area contributed by atoms with E-state index in [4.69, 9.17) is 5.11 Å². The molecule has 0 bridgehead atoms. The first-order chi connectivity index (χ1) is 7.97. The lowest BCUT2D eigenvalue weighted by Crippen LogP contribution is -2.35. The van der Waals surface area contributed by atoms with Crippen LogP contribution in [0.3, 0.4) is 0 Å². The van der Waals surface area contributed by atoms with Crippen LogP contribution in [0.4, 0.5) is 0 Å². The number of aliphatic hydroxyl groups is 1. The molecule has 0 saturated heterocycles. The summed E-state index contributed by atoms with van der Waals surface area (Å²) in [5.74, 6) is -0.576. The molecule has 0 atom stereocenters. The third-order valence-corrected chi connectivity index (χ3v) is 4.01. The Morgan fingerprint density at radius 2 is 2.18 bits per heavy atom. The third kappa shape index (κ3) is 6.40. The summed E-state index contributed by atoms with van der Waals surface area (Å²) < 4.78 is 29.1. The molecule has 0 rings (SSSR count). The van der Waals surface area contributed by atoms with Crippen molar-refractivity contribution in [3.8, 4) is 0 Å².